The molecule has 0 aromatic carbocycles. The van der Waals surface area contributed by atoms with Gasteiger partial charge in [0, 0.05) is 55.0 Å². The number of carbonyl (C=O) groups excluding carboxylic acids is 1. The summed E-state index contributed by atoms with van der Waals surface area (Å²) >= 11 is 6.11. The van der Waals surface area contributed by atoms with E-state index >= 15 is 0 Å². The summed E-state index contributed by atoms with van der Waals surface area (Å²) in [6.07, 6.45) is 3.37. The fourth-order valence-electron chi connectivity index (χ4n) is 5.62. The standard InChI is InChI=1S/C25H30ClN7O3S/c1-15-12-32(23(34)25(5)6-7-37(25,35)36)16(2)11-31(15)21-20-22(30-14-29-21)33(13-24(20,3)4)19-8-17(9-27)18(26)10-28-19/h8,10,14-16H,6-7,11-13H2,1-5H3/t15-,16+,25?/m0/s1. The molecule has 0 spiro atoms. The topological polar surface area (TPSA) is 123 Å². The molecule has 2 aromatic heterocycles. The van der Waals surface area contributed by atoms with Gasteiger partial charge in [-0.2, -0.15) is 5.26 Å². The van der Waals surface area contributed by atoms with Crippen LogP contribution in [0.15, 0.2) is 18.6 Å². The first-order valence-electron chi connectivity index (χ1n) is 12.3. The van der Waals surface area contributed by atoms with Crippen LogP contribution in [0, 0.1) is 11.3 Å². The largest absolute Gasteiger partial charge is 0.350 e. The number of piperazine rings is 1. The number of amides is 1. The molecule has 3 aliphatic rings. The van der Waals surface area contributed by atoms with Crippen molar-refractivity contribution >= 4 is 44.8 Å². The zero-order valence-electron chi connectivity index (χ0n) is 21.6. The van der Waals surface area contributed by atoms with Crippen LogP contribution in [0.2, 0.25) is 5.02 Å². The summed E-state index contributed by atoms with van der Waals surface area (Å²) in [4.78, 5) is 33.0. The normalized spacial score (nSPS) is 27.9. The summed E-state index contributed by atoms with van der Waals surface area (Å²) in [5.41, 5.74) is 0.985. The lowest BCUT2D eigenvalue weighted by molar-refractivity contribution is -0.137. The fraction of sp³-hybridized carbons (Fsp3) is 0.560. The van der Waals surface area contributed by atoms with Crippen molar-refractivity contribution in [3.63, 3.8) is 0 Å². The molecule has 2 aromatic rings. The molecule has 3 atom stereocenters. The summed E-state index contributed by atoms with van der Waals surface area (Å²) in [5, 5.41) is 9.73. The highest BCUT2D eigenvalue weighted by Gasteiger charge is 2.57. The van der Waals surface area contributed by atoms with Gasteiger partial charge in [0.1, 0.15) is 34.6 Å². The van der Waals surface area contributed by atoms with Crippen molar-refractivity contribution in [1.82, 2.24) is 19.9 Å². The number of nitrogens with zero attached hydrogens (tertiary/aromatic N) is 7. The highest BCUT2D eigenvalue weighted by Crippen LogP contribution is 2.47. The molecule has 12 heteroatoms. The number of aromatic nitrogens is 3. The molecule has 5 rings (SSSR count). The van der Waals surface area contributed by atoms with E-state index in [2.05, 4.69) is 34.8 Å². The van der Waals surface area contributed by atoms with Gasteiger partial charge >= 0.3 is 0 Å². The quantitative estimate of drug-likeness (QED) is 0.574. The van der Waals surface area contributed by atoms with Crippen molar-refractivity contribution < 1.29 is 13.2 Å². The van der Waals surface area contributed by atoms with E-state index in [1.54, 1.807) is 17.9 Å². The Morgan fingerprint density at radius 1 is 1.14 bits per heavy atom. The molecule has 0 saturated carbocycles. The first kappa shape index (κ1) is 25.7. The Hall–Kier alpha value is -2.97. The molecule has 2 saturated heterocycles. The van der Waals surface area contributed by atoms with Crippen LogP contribution in [0.3, 0.4) is 0 Å². The number of rotatable bonds is 3. The number of hydrogen-bond acceptors (Lipinski definition) is 9. The smallest absolute Gasteiger partial charge is 0.244 e. The molecule has 2 fully saturated rings. The number of anilines is 3. The molecule has 1 unspecified atom stereocenters. The minimum absolute atomic E-state index is 0.0656. The van der Waals surface area contributed by atoms with Crippen LogP contribution in [0.25, 0.3) is 0 Å². The third-order valence-corrected chi connectivity index (χ3v) is 10.8. The first-order valence-corrected chi connectivity index (χ1v) is 14.3. The van der Waals surface area contributed by atoms with E-state index in [1.165, 1.54) is 12.5 Å². The lowest BCUT2D eigenvalue weighted by Crippen LogP contribution is -2.66. The number of sulfone groups is 1. The lowest BCUT2D eigenvalue weighted by Gasteiger charge is -2.49. The minimum Gasteiger partial charge on any atom is -0.350 e. The lowest BCUT2D eigenvalue weighted by atomic mass is 9.87. The van der Waals surface area contributed by atoms with E-state index in [0.717, 1.165) is 17.2 Å². The second-order valence-electron chi connectivity index (χ2n) is 11.1. The average molecular weight is 544 g/mol. The third kappa shape index (κ3) is 3.84. The molecule has 0 radical (unpaired) electrons. The van der Waals surface area contributed by atoms with Gasteiger partial charge in [0.05, 0.1) is 16.3 Å². The van der Waals surface area contributed by atoms with Crippen molar-refractivity contribution in [1.29, 1.82) is 5.26 Å². The van der Waals surface area contributed by atoms with Gasteiger partial charge in [-0.15, -0.1) is 0 Å². The van der Waals surface area contributed by atoms with Crippen LogP contribution >= 0.6 is 11.6 Å². The van der Waals surface area contributed by atoms with Crippen LogP contribution < -0.4 is 9.80 Å². The molecular formula is C25H30ClN7O3S. The van der Waals surface area contributed by atoms with E-state index in [9.17, 15) is 18.5 Å². The molecule has 37 heavy (non-hydrogen) atoms. The predicted octanol–water partition coefficient (Wildman–Crippen LogP) is 2.83. The van der Waals surface area contributed by atoms with Crippen LogP contribution in [0.4, 0.5) is 17.5 Å². The maximum absolute atomic E-state index is 13.3. The molecule has 0 bridgehead atoms. The van der Waals surface area contributed by atoms with Crippen LogP contribution in [-0.2, 0) is 20.0 Å². The molecule has 196 valence electrons. The van der Waals surface area contributed by atoms with E-state index in [0.29, 0.717) is 42.5 Å². The van der Waals surface area contributed by atoms with Crippen molar-refractivity contribution in [3.8, 4) is 6.07 Å². The van der Waals surface area contributed by atoms with Gasteiger partial charge in [-0.05, 0) is 27.2 Å². The monoisotopic (exact) mass is 543 g/mol. The van der Waals surface area contributed by atoms with Crippen molar-refractivity contribution in [2.24, 2.45) is 0 Å². The summed E-state index contributed by atoms with van der Waals surface area (Å²) in [6.45, 7) is 11.3. The highest BCUT2D eigenvalue weighted by molar-refractivity contribution is 7.95. The van der Waals surface area contributed by atoms with Gasteiger partial charge in [-0.3, -0.25) is 4.79 Å². The summed E-state index contributed by atoms with van der Waals surface area (Å²) in [5.74, 6) is 1.86. The van der Waals surface area contributed by atoms with Gasteiger partial charge in [0.15, 0.2) is 9.84 Å². The molecular weight excluding hydrogens is 514 g/mol. The van der Waals surface area contributed by atoms with Crippen LogP contribution in [-0.4, -0.2) is 76.4 Å². The Morgan fingerprint density at radius 3 is 2.46 bits per heavy atom. The Labute approximate surface area is 222 Å². The van der Waals surface area contributed by atoms with E-state index < -0.39 is 14.6 Å². The highest BCUT2D eigenvalue weighted by atomic mass is 35.5. The Kier molecular flexibility index (Phi) is 5.92. The van der Waals surface area contributed by atoms with E-state index in [-0.39, 0.29) is 29.2 Å². The second-order valence-corrected chi connectivity index (χ2v) is 14.1. The molecule has 10 nitrogen and oxygen atoms in total. The molecule has 5 heterocycles. The number of fused-ring (bicyclic) bond motifs is 1. The van der Waals surface area contributed by atoms with Gasteiger partial charge < -0.3 is 14.7 Å². The minimum atomic E-state index is -3.41. The SMILES string of the molecule is C[C@@H]1CN(c2ncnc3c2C(C)(C)CN3c2cc(C#N)c(Cl)cn2)[C@@H](C)CN1C(=O)C1(C)CCS1(=O)=O. The second kappa shape index (κ2) is 8.53. The maximum atomic E-state index is 13.3. The summed E-state index contributed by atoms with van der Waals surface area (Å²) in [7, 11) is -3.41. The molecule has 1 amide bonds. The number of hydrogen-bond donors (Lipinski definition) is 0. The fourth-order valence-corrected chi connectivity index (χ4v) is 7.30. The van der Waals surface area contributed by atoms with Crippen LogP contribution in [0.5, 0.6) is 0 Å². The van der Waals surface area contributed by atoms with Gasteiger partial charge in [0.25, 0.3) is 0 Å². The molecule has 3 aliphatic heterocycles. The number of carbonyl (C=O) groups is 1. The zero-order chi connectivity index (χ0) is 26.9. The van der Waals surface area contributed by atoms with Crippen molar-refractivity contribution in [2.45, 2.75) is 63.3 Å². The number of pyridine rings is 1. The van der Waals surface area contributed by atoms with Gasteiger partial charge in [-0.1, -0.05) is 25.4 Å². The zero-order valence-corrected chi connectivity index (χ0v) is 23.1. The van der Waals surface area contributed by atoms with E-state index in [4.69, 9.17) is 16.6 Å². The predicted molar refractivity (Wildman–Crippen MR) is 141 cm³/mol. The van der Waals surface area contributed by atoms with Gasteiger partial charge in [-0.25, -0.2) is 23.4 Å². The Balaban J connectivity index is 1.48. The van der Waals surface area contributed by atoms with Gasteiger partial charge in [0.2, 0.25) is 5.91 Å². The van der Waals surface area contributed by atoms with Crippen LogP contribution in [0.1, 0.15) is 52.2 Å². The summed E-state index contributed by atoms with van der Waals surface area (Å²) in [6, 6.07) is 3.49. The average Bonchev–Trinajstić information content (AvgIpc) is 3.14. The summed E-state index contributed by atoms with van der Waals surface area (Å²) < 4.78 is 23.5. The maximum Gasteiger partial charge on any atom is 0.244 e. The molecule has 0 N–H and O–H groups in total. The first-order chi connectivity index (χ1) is 17.3. The molecule has 0 aliphatic carbocycles. The number of nitriles is 1. The number of halogens is 1. The van der Waals surface area contributed by atoms with Crippen molar-refractivity contribution in [2.75, 3.05) is 35.2 Å². The Bertz CT molecular complexity index is 1440. The van der Waals surface area contributed by atoms with E-state index in [1.807, 2.05) is 18.7 Å². The third-order valence-electron chi connectivity index (χ3n) is 8.04. The van der Waals surface area contributed by atoms with Crippen molar-refractivity contribution in [3.05, 3.63) is 34.7 Å². The Morgan fingerprint density at radius 2 is 1.84 bits per heavy atom.